The number of carboxylic acid groups (broad SMARTS) is 1. The van der Waals surface area contributed by atoms with Crippen molar-refractivity contribution in [2.75, 3.05) is 25.0 Å². The topological polar surface area (TPSA) is 90.0 Å². The van der Waals surface area contributed by atoms with Gasteiger partial charge < -0.3 is 20.2 Å². The summed E-state index contributed by atoms with van der Waals surface area (Å²) in [4.78, 5) is 39.6. The Balaban J connectivity index is 0.000000429. The zero-order valence-corrected chi connectivity index (χ0v) is 20.2. The van der Waals surface area contributed by atoms with Gasteiger partial charge in [-0.3, -0.25) is 9.59 Å². The molecule has 192 valence electrons. The lowest BCUT2D eigenvalue weighted by atomic mass is 9.83. The average molecular weight is 496 g/mol. The van der Waals surface area contributed by atoms with E-state index in [2.05, 4.69) is 31.0 Å². The number of benzene rings is 1. The zero-order valence-electron chi connectivity index (χ0n) is 20.2. The number of likely N-dealkylation sites (tertiary alicyclic amines) is 1. The van der Waals surface area contributed by atoms with E-state index < -0.39 is 18.2 Å². The smallest absolute Gasteiger partial charge is 0.475 e. The molecule has 2 heterocycles. The molecule has 1 aromatic rings. The monoisotopic (exact) mass is 495 g/mol. The molecule has 35 heavy (non-hydrogen) atoms. The van der Waals surface area contributed by atoms with Gasteiger partial charge in [0, 0.05) is 43.0 Å². The van der Waals surface area contributed by atoms with Gasteiger partial charge in [-0.2, -0.15) is 13.2 Å². The Morgan fingerprint density at radius 1 is 1.17 bits per heavy atom. The van der Waals surface area contributed by atoms with Crippen LogP contribution in [-0.2, 0) is 4.79 Å². The molecule has 1 atom stereocenters. The van der Waals surface area contributed by atoms with Gasteiger partial charge in [0.1, 0.15) is 6.04 Å². The predicted molar refractivity (Wildman–Crippen MR) is 127 cm³/mol. The number of halogens is 3. The Morgan fingerprint density at radius 2 is 1.80 bits per heavy atom. The second-order valence-corrected chi connectivity index (χ2v) is 9.32. The normalized spacial score (nSPS) is 20.1. The molecule has 4 rings (SSSR count). The summed E-state index contributed by atoms with van der Waals surface area (Å²) in [5.74, 6) is -2.68. The van der Waals surface area contributed by atoms with E-state index in [4.69, 9.17) is 9.90 Å². The lowest BCUT2D eigenvalue weighted by molar-refractivity contribution is -0.192. The van der Waals surface area contributed by atoms with Gasteiger partial charge in [0.15, 0.2) is 5.78 Å². The van der Waals surface area contributed by atoms with Crippen LogP contribution in [0, 0.1) is 0 Å². The highest BCUT2D eigenvalue weighted by Gasteiger charge is 2.42. The number of carbonyl (C=O) groups is 3. The SMILES string of the molecule is CCCCN1C(=O)c2c(NC3CCN(C(C)C)CC3)ccc3c2C(=O)C1C=C3.O=C(O)C(F)(F)F. The molecule has 0 spiro atoms. The molecule has 2 aliphatic heterocycles. The standard InChI is InChI=1S/C23H31N3O2.C2HF3O2/c1-4-5-12-26-19-9-7-16-6-8-18(21(23(26)28)20(16)22(19)27)24-17-10-13-25(14-11-17)15(2)3;3-2(4,5)1(6)7/h6-9,15,17,19,24H,4-5,10-14H2,1-3H3;(H,6,7). The number of piperidine rings is 1. The summed E-state index contributed by atoms with van der Waals surface area (Å²) in [5.41, 5.74) is 2.91. The Hall–Kier alpha value is -2.88. The molecule has 1 aromatic carbocycles. The van der Waals surface area contributed by atoms with Crippen LogP contribution < -0.4 is 5.32 Å². The molecule has 1 saturated heterocycles. The van der Waals surface area contributed by atoms with Gasteiger partial charge in [-0.25, -0.2) is 4.79 Å². The van der Waals surface area contributed by atoms with E-state index >= 15 is 0 Å². The number of unbranched alkanes of at least 4 members (excludes halogenated alkanes) is 1. The number of ketones is 1. The third-order valence-corrected chi connectivity index (χ3v) is 6.64. The second kappa shape index (κ2) is 10.8. The molecule has 0 radical (unpaired) electrons. The molecule has 1 fully saturated rings. The summed E-state index contributed by atoms with van der Waals surface area (Å²) in [6, 6.07) is 4.45. The minimum Gasteiger partial charge on any atom is -0.475 e. The molecule has 0 aromatic heterocycles. The van der Waals surface area contributed by atoms with E-state index in [0.29, 0.717) is 29.8 Å². The molecule has 1 aliphatic carbocycles. The number of nitrogens with one attached hydrogen (secondary N) is 1. The summed E-state index contributed by atoms with van der Waals surface area (Å²) in [6.07, 6.45) is 2.82. The van der Waals surface area contributed by atoms with Gasteiger partial charge in [0.25, 0.3) is 5.91 Å². The highest BCUT2D eigenvalue weighted by molar-refractivity contribution is 6.21. The molecular formula is C25H32F3N3O4. The van der Waals surface area contributed by atoms with Gasteiger partial charge in [-0.15, -0.1) is 0 Å². The summed E-state index contributed by atoms with van der Waals surface area (Å²) >= 11 is 0. The largest absolute Gasteiger partial charge is 0.490 e. The van der Waals surface area contributed by atoms with Crippen molar-refractivity contribution in [3.63, 3.8) is 0 Å². The molecule has 3 aliphatic rings. The Bertz CT molecular complexity index is 998. The number of rotatable bonds is 6. The molecule has 2 N–H and O–H groups in total. The Morgan fingerprint density at radius 3 is 2.34 bits per heavy atom. The van der Waals surface area contributed by atoms with Gasteiger partial charge >= 0.3 is 12.1 Å². The number of hydrogen-bond donors (Lipinski definition) is 2. The Labute approximate surface area is 203 Å². The number of carboxylic acids is 1. The minimum atomic E-state index is -5.08. The molecular weight excluding hydrogens is 463 g/mol. The number of aliphatic carboxylic acids is 1. The van der Waals surface area contributed by atoms with Crippen LogP contribution in [0.1, 0.15) is 72.7 Å². The summed E-state index contributed by atoms with van der Waals surface area (Å²) < 4.78 is 31.7. The lowest BCUT2D eigenvalue weighted by Crippen LogP contribution is -2.51. The van der Waals surface area contributed by atoms with Crippen LogP contribution in [0.4, 0.5) is 18.9 Å². The highest BCUT2D eigenvalue weighted by Crippen LogP contribution is 2.37. The fourth-order valence-corrected chi connectivity index (χ4v) is 4.66. The predicted octanol–water partition coefficient (Wildman–Crippen LogP) is 4.44. The van der Waals surface area contributed by atoms with Crippen molar-refractivity contribution >= 4 is 29.4 Å². The first kappa shape index (κ1) is 26.7. The van der Waals surface area contributed by atoms with Crippen molar-refractivity contribution in [2.45, 2.75) is 70.8 Å². The van der Waals surface area contributed by atoms with E-state index in [0.717, 1.165) is 50.0 Å². The number of hydrogen-bond acceptors (Lipinski definition) is 5. The number of fused-ring (bicyclic) bond motifs is 1. The van der Waals surface area contributed by atoms with Crippen LogP contribution >= 0.6 is 0 Å². The van der Waals surface area contributed by atoms with Crippen LogP contribution in [0.25, 0.3) is 6.08 Å². The first-order chi connectivity index (χ1) is 16.5. The summed E-state index contributed by atoms with van der Waals surface area (Å²) in [7, 11) is 0. The zero-order chi connectivity index (χ0) is 25.9. The van der Waals surface area contributed by atoms with Crippen molar-refractivity contribution in [3.8, 4) is 0 Å². The third kappa shape index (κ3) is 5.86. The number of carbonyl (C=O) groups excluding carboxylic acids is 2. The highest BCUT2D eigenvalue weighted by atomic mass is 19.4. The van der Waals surface area contributed by atoms with E-state index in [1.54, 1.807) is 4.90 Å². The van der Waals surface area contributed by atoms with Crippen molar-refractivity contribution in [2.24, 2.45) is 0 Å². The van der Waals surface area contributed by atoms with Crippen LogP contribution in [-0.4, -0.2) is 76.5 Å². The quantitative estimate of drug-likeness (QED) is 0.607. The van der Waals surface area contributed by atoms with Gasteiger partial charge in [-0.05, 0) is 44.7 Å². The summed E-state index contributed by atoms with van der Waals surface area (Å²) in [5, 5.41) is 10.7. The number of alkyl halides is 3. The molecule has 1 unspecified atom stereocenters. The number of Topliss-reactive ketones (excluding diaryl/α,β-unsaturated/α-hetero) is 1. The molecule has 7 nitrogen and oxygen atoms in total. The first-order valence-corrected chi connectivity index (χ1v) is 12.0. The van der Waals surface area contributed by atoms with Crippen molar-refractivity contribution in [3.05, 3.63) is 34.9 Å². The van der Waals surface area contributed by atoms with Crippen LogP contribution in [0.2, 0.25) is 0 Å². The maximum Gasteiger partial charge on any atom is 0.490 e. The van der Waals surface area contributed by atoms with Crippen molar-refractivity contribution in [1.82, 2.24) is 9.80 Å². The van der Waals surface area contributed by atoms with Crippen LogP contribution in [0.5, 0.6) is 0 Å². The maximum absolute atomic E-state index is 13.4. The summed E-state index contributed by atoms with van der Waals surface area (Å²) in [6.45, 7) is 9.34. The molecule has 10 heteroatoms. The van der Waals surface area contributed by atoms with Gasteiger partial charge in [0.2, 0.25) is 0 Å². The van der Waals surface area contributed by atoms with E-state index in [1.165, 1.54) is 0 Å². The molecule has 0 saturated carbocycles. The van der Waals surface area contributed by atoms with E-state index in [-0.39, 0.29) is 11.7 Å². The third-order valence-electron chi connectivity index (χ3n) is 6.64. The minimum absolute atomic E-state index is 0.00127. The number of anilines is 1. The average Bonchev–Trinajstić information content (AvgIpc) is 2.79. The van der Waals surface area contributed by atoms with Crippen molar-refractivity contribution < 1.29 is 32.7 Å². The number of nitrogens with zero attached hydrogens (tertiary/aromatic N) is 2. The van der Waals surface area contributed by atoms with Gasteiger partial charge in [-0.1, -0.05) is 31.6 Å². The van der Waals surface area contributed by atoms with E-state index in [1.807, 2.05) is 24.3 Å². The first-order valence-electron chi connectivity index (χ1n) is 12.0. The second-order valence-electron chi connectivity index (χ2n) is 9.32. The lowest BCUT2D eigenvalue weighted by Gasteiger charge is -2.39. The van der Waals surface area contributed by atoms with Crippen LogP contribution in [0.15, 0.2) is 18.2 Å². The van der Waals surface area contributed by atoms with E-state index in [9.17, 15) is 22.8 Å². The maximum atomic E-state index is 13.4. The number of amides is 1. The molecule has 2 bridgehead atoms. The van der Waals surface area contributed by atoms with Gasteiger partial charge in [0.05, 0.1) is 5.56 Å². The van der Waals surface area contributed by atoms with Crippen molar-refractivity contribution in [1.29, 1.82) is 0 Å². The fourth-order valence-electron chi connectivity index (χ4n) is 4.66. The fraction of sp³-hybridized carbons (Fsp3) is 0.560. The Kier molecular flexibility index (Phi) is 8.25. The van der Waals surface area contributed by atoms with Crippen LogP contribution in [0.3, 0.4) is 0 Å². The molecule has 1 amide bonds.